The first-order chi connectivity index (χ1) is 9.35. The third kappa shape index (κ3) is 3.93. The van der Waals surface area contributed by atoms with Gasteiger partial charge in [-0.1, -0.05) is 13.0 Å². The van der Waals surface area contributed by atoms with Crippen molar-refractivity contribution in [2.75, 3.05) is 18.0 Å². The molecule has 0 unspecified atom stereocenters. The van der Waals surface area contributed by atoms with Crippen LogP contribution in [0.15, 0.2) is 18.3 Å². The Labute approximate surface area is 116 Å². The first-order valence-electron chi connectivity index (χ1n) is 7.78. The highest BCUT2D eigenvalue weighted by Crippen LogP contribution is 2.31. The minimum absolute atomic E-state index is 0.770. The van der Waals surface area contributed by atoms with Crippen molar-refractivity contribution in [1.82, 2.24) is 10.3 Å². The van der Waals surface area contributed by atoms with Crippen LogP contribution in [0.25, 0.3) is 0 Å². The molecule has 1 aromatic rings. The van der Waals surface area contributed by atoms with Gasteiger partial charge < -0.3 is 10.2 Å². The molecule has 1 aromatic heterocycles. The SMILES string of the molecule is CCCN(CC1CC1)c1ccc(CNC2CC2)cn1. The molecular formula is C16H25N3. The van der Waals surface area contributed by atoms with E-state index in [1.807, 2.05) is 6.20 Å². The minimum atomic E-state index is 0.770. The monoisotopic (exact) mass is 259 g/mol. The predicted molar refractivity (Wildman–Crippen MR) is 79.3 cm³/mol. The van der Waals surface area contributed by atoms with Gasteiger partial charge in [-0.05, 0) is 49.7 Å². The maximum atomic E-state index is 4.66. The number of hydrogen-bond acceptors (Lipinski definition) is 3. The van der Waals surface area contributed by atoms with Crippen molar-refractivity contribution in [2.24, 2.45) is 5.92 Å². The summed E-state index contributed by atoms with van der Waals surface area (Å²) in [6.07, 6.45) is 8.74. The molecule has 0 aromatic carbocycles. The van der Waals surface area contributed by atoms with Gasteiger partial charge in [0, 0.05) is 31.9 Å². The van der Waals surface area contributed by atoms with Crippen molar-refractivity contribution in [3.8, 4) is 0 Å². The van der Waals surface area contributed by atoms with Crippen LogP contribution in [0.2, 0.25) is 0 Å². The van der Waals surface area contributed by atoms with Gasteiger partial charge in [0.15, 0.2) is 0 Å². The van der Waals surface area contributed by atoms with Gasteiger partial charge in [-0.3, -0.25) is 0 Å². The smallest absolute Gasteiger partial charge is 0.128 e. The van der Waals surface area contributed by atoms with E-state index in [4.69, 9.17) is 0 Å². The van der Waals surface area contributed by atoms with E-state index in [-0.39, 0.29) is 0 Å². The zero-order valence-electron chi connectivity index (χ0n) is 11.9. The second-order valence-electron chi connectivity index (χ2n) is 6.07. The van der Waals surface area contributed by atoms with Gasteiger partial charge in [-0.25, -0.2) is 4.98 Å². The lowest BCUT2D eigenvalue weighted by atomic mass is 10.2. The first kappa shape index (κ1) is 12.9. The molecule has 0 spiro atoms. The van der Waals surface area contributed by atoms with Crippen molar-refractivity contribution in [3.63, 3.8) is 0 Å². The molecule has 0 bridgehead atoms. The van der Waals surface area contributed by atoms with Gasteiger partial charge in [-0.2, -0.15) is 0 Å². The highest BCUT2D eigenvalue weighted by molar-refractivity contribution is 5.39. The molecule has 3 nitrogen and oxygen atoms in total. The molecule has 0 aliphatic heterocycles. The van der Waals surface area contributed by atoms with Crippen LogP contribution >= 0.6 is 0 Å². The van der Waals surface area contributed by atoms with Crippen molar-refractivity contribution in [1.29, 1.82) is 0 Å². The lowest BCUT2D eigenvalue weighted by Gasteiger charge is -2.23. The zero-order chi connectivity index (χ0) is 13.1. The Morgan fingerprint density at radius 2 is 2.11 bits per heavy atom. The van der Waals surface area contributed by atoms with Gasteiger partial charge in [-0.15, -0.1) is 0 Å². The lowest BCUT2D eigenvalue weighted by molar-refractivity contribution is 0.681. The molecule has 0 atom stereocenters. The fraction of sp³-hybridized carbons (Fsp3) is 0.688. The molecule has 0 saturated heterocycles. The van der Waals surface area contributed by atoms with Crippen LogP contribution in [0.5, 0.6) is 0 Å². The summed E-state index contributed by atoms with van der Waals surface area (Å²) in [6, 6.07) is 5.20. The quantitative estimate of drug-likeness (QED) is 0.778. The Balaban J connectivity index is 1.57. The molecule has 104 valence electrons. The molecule has 2 aliphatic rings. The van der Waals surface area contributed by atoms with Crippen LogP contribution in [0.1, 0.15) is 44.6 Å². The number of aromatic nitrogens is 1. The van der Waals surface area contributed by atoms with Gasteiger partial charge in [0.25, 0.3) is 0 Å². The number of anilines is 1. The largest absolute Gasteiger partial charge is 0.356 e. The van der Waals surface area contributed by atoms with Gasteiger partial charge >= 0.3 is 0 Å². The number of pyridine rings is 1. The molecule has 1 N–H and O–H groups in total. The first-order valence-corrected chi connectivity index (χ1v) is 7.78. The summed E-state index contributed by atoms with van der Waals surface area (Å²) in [5, 5.41) is 3.54. The molecular weight excluding hydrogens is 234 g/mol. The van der Waals surface area contributed by atoms with Crippen LogP contribution in [-0.2, 0) is 6.54 Å². The van der Waals surface area contributed by atoms with Crippen LogP contribution in [0, 0.1) is 5.92 Å². The summed E-state index contributed by atoms with van der Waals surface area (Å²) in [6.45, 7) is 5.53. The molecule has 2 fully saturated rings. The van der Waals surface area contributed by atoms with Crippen molar-refractivity contribution in [2.45, 2.75) is 51.6 Å². The standard InChI is InChI=1S/C16H25N3/c1-2-9-19(12-13-3-4-13)16-8-5-14(11-18-16)10-17-15-6-7-15/h5,8,11,13,15,17H,2-4,6-7,9-10,12H2,1H3. The van der Waals surface area contributed by atoms with Gasteiger partial charge in [0.1, 0.15) is 5.82 Å². The second-order valence-corrected chi connectivity index (χ2v) is 6.07. The topological polar surface area (TPSA) is 28.2 Å². The third-order valence-electron chi connectivity index (χ3n) is 3.97. The fourth-order valence-corrected chi connectivity index (χ4v) is 2.44. The summed E-state index contributed by atoms with van der Waals surface area (Å²) < 4.78 is 0. The van der Waals surface area contributed by atoms with Gasteiger partial charge in [0.05, 0.1) is 0 Å². The van der Waals surface area contributed by atoms with Crippen LogP contribution < -0.4 is 10.2 Å². The molecule has 1 heterocycles. The van der Waals surface area contributed by atoms with Gasteiger partial charge in [0.2, 0.25) is 0 Å². The maximum absolute atomic E-state index is 4.66. The summed E-state index contributed by atoms with van der Waals surface area (Å²) in [7, 11) is 0. The second kappa shape index (κ2) is 5.91. The van der Waals surface area contributed by atoms with Crippen molar-refractivity contribution >= 4 is 5.82 Å². The van der Waals surface area contributed by atoms with E-state index in [1.54, 1.807) is 0 Å². The summed E-state index contributed by atoms with van der Waals surface area (Å²) in [5.74, 6) is 2.08. The average molecular weight is 259 g/mol. The van der Waals surface area contributed by atoms with Crippen molar-refractivity contribution < 1.29 is 0 Å². The normalized spacial score (nSPS) is 18.6. The highest BCUT2D eigenvalue weighted by atomic mass is 15.2. The number of rotatable bonds is 8. The Morgan fingerprint density at radius 3 is 2.68 bits per heavy atom. The Hall–Kier alpha value is -1.09. The van der Waals surface area contributed by atoms with Crippen LogP contribution in [-0.4, -0.2) is 24.1 Å². The molecule has 19 heavy (non-hydrogen) atoms. The Kier molecular flexibility index (Phi) is 4.02. The molecule has 0 radical (unpaired) electrons. The van der Waals surface area contributed by atoms with E-state index in [0.29, 0.717) is 0 Å². The average Bonchev–Trinajstić information content (AvgIpc) is 3.31. The van der Waals surface area contributed by atoms with E-state index in [1.165, 1.54) is 44.2 Å². The van der Waals surface area contributed by atoms with E-state index in [9.17, 15) is 0 Å². The molecule has 2 saturated carbocycles. The van der Waals surface area contributed by atoms with Crippen LogP contribution in [0.4, 0.5) is 5.82 Å². The zero-order valence-corrected chi connectivity index (χ0v) is 11.9. The summed E-state index contributed by atoms with van der Waals surface area (Å²) in [5.41, 5.74) is 1.30. The molecule has 3 rings (SSSR count). The number of nitrogens with one attached hydrogen (secondary N) is 1. The lowest BCUT2D eigenvalue weighted by Crippen LogP contribution is -2.27. The van der Waals surface area contributed by atoms with Crippen LogP contribution in [0.3, 0.4) is 0 Å². The minimum Gasteiger partial charge on any atom is -0.356 e. The van der Waals surface area contributed by atoms with E-state index >= 15 is 0 Å². The Morgan fingerprint density at radius 1 is 1.26 bits per heavy atom. The van der Waals surface area contributed by atoms with Crippen molar-refractivity contribution in [3.05, 3.63) is 23.9 Å². The summed E-state index contributed by atoms with van der Waals surface area (Å²) in [4.78, 5) is 7.12. The molecule has 3 heteroatoms. The Bertz CT molecular complexity index is 393. The summed E-state index contributed by atoms with van der Waals surface area (Å²) >= 11 is 0. The number of nitrogens with zero attached hydrogens (tertiary/aromatic N) is 2. The molecule has 2 aliphatic carbocycles. The highest BCUT2D eigenvalue weighted by Gasteiger charge is 2.24. The fourth-order valence-electron chi connectivity index (χ4n) is 2.44. The third-order valence-corrected chi connectivity index (χ3v) is 3.97. The van der Waals surface area contributed by atoms with E-state index in [0.717, 1.165) is 30.9 Å². The predicted octanol–water partition coefficient (Wildman–Crippen LogP) is 2.96. The maximum Gasteiger partial charge on any atom is 0.128 e. The van der Waals surface area contributed by atoms with E-state index in [2.05, 4.69) is 34.3 Å². The number of hydrogen-bond donors (Lipinski definition) is 1. The van der Waals surface area contributed by atoms with E-state index < -0.39 is 0 Å². The molecule has 0 amide bonds.